The molecule has 0 bridgehead atoms. The molecule has 0 radical (unpaired) electrons. The van der Waals surface area contributed by atoms with Crippen LogP contribution < -0.4 is 0 Å². The summed E-state index contributed by atoms with van der Waals surface area (Å²) in [7, 11) is 1.35. The molecule has 15 nitrogen and oxygen atoms in total. The number of carbonyl (C=O) groups is 1. The van der Waals surface area contributed by atoms with Crippen LogP contribution in [0.25, 0.3) is 0 Å². The Hall–Kier alpha value is -1.41. The van der Waals surface area contributed by atoms with Crippen molar-refractivity contribution in [1.29, 1.82) is 0 Å². The van der Waals surface area contributed by atoms with Crippen molar-refractivity contribution in [1.82, 2.24) is 0 Å². The van der Waals surface area contributed by atoms with Gasteiger partial charge in [0.2, 0.25) is 0 Å². The van der Waals surface area contributed by atoms with Gasteiger partial charge in [-0.25, -0.2) is 0 Å². The van der Waals surface area contributed by atoms with E-state index in [-0.39, 0.29) is 62.4 Å². The van der Waals surface area contributed by atoms with Crippen molar-refractivity contribution in [3.8, 4) is 0 Å². The maximum atomic E-state index is 12.8. The maximum Gasteiger partial charge on any atom is 0.171 e. The van der Waals surface area contributed by atoms with Crippen LogP contribution in [0, 0.1) is 5.92 Å². The number of rotatable bonds is 49. The van der Waals surface area contributed by atoms with Crippen molar-refractivity contribution >= 4 is 5.78 Å². The Balaban J connectivity index is 0.884. The SMILES string of the molecule is C=CCCCCCCCCCCCCCCCCCCCCC[C@@H]1CC[C@]2(C[C@@H](O)[C@H](CC(O)CC(C)CCC[C@@H]3CC[C@]4(C[C@@H](O)[C@H](CC(O)C[C@H]5O[C@@H](CC(O)CC(=O)CC(O)CC(=C)CCCCCCC)[C@H](O)[C@@H](OC)[C@@H]5O)O4)O3)O2)O1. The molecule has 0 saturated carbocycles. The predicted molar refractivity (Wildman–Crippen MR) is 335 cm³/mol. The first-order chi connectivity index (χ1) is 41.0. The summed E-state index contributed by atoms with van der Waals surface area (Å²) in [5.74, 6) is -1.75. The van der Waals surface area contributed by atoms with E-state index in [9.17, 15) is 45.6 Å². The third-order valence-electron chi connectivity index (χ3n) is 19.6. The highest BCUT2D eigenvalue weighted by Crippen LogP contribution is 2.46. The Morgan fingerprint density at radius 1 is 0.553 bits per heavy atom. The third-order valence-corrected chi connectivity index (χ3v) is 19.6. The van der Waals surface area contributed by atoms with Gasteiger partial charge in [0.1, 0.15) is 24.1 Å². The summed E-state index contributed by atoms with van der Waals surface area (Å²) in [5, 5.41) is 88.4. The van der Waals surface area contributed by atoms with Gasteiger partial charge in [0.05, 0.1) is 73.2 Å². The minimum absolute atomic E-state index is 0.0508. The van der Waals surface area contributed by atoms with Crippen LogP contribution in [0.4, 0.5) is 0 Å². The van der Waals surface area contributed by atoms with E-state index in [1.54, 1.807) is 0 Å². The van der Waals surface area contributed by atoms with E-state index in [1.807, 2.05) is 6.08 Å². The molecule has 85 heavy (non-hydrogen) atoms. The molecule has 5 aliphatic heterocycles. The summed E-state index contributed by atoms with van der Waals surface area (Å²) in [6.07, 6.45) is 31.8. The summed E-state index contributed by atoms with van der Waals surface area (Å²) in [4.78, 5) is 12.8. The number of carbonyl (C=O) groups excluding carboxylic acids is 1. The minimum atomic E-state index is -1.32. The Labute approximate surface area is 515 Å². The van der Waals surface area contributed by atoms with Crippen LogP contribution in [-0.4, -0.2) is 157 Å². The van der Waals surface area contributed by atoms with Gasteiger partial charge in [0, 0.05) is 71.3 Å². The Morgan fingerprint density at radius 3 is 1.49 bits per heavy atom. The lowest BCUT2D eigenvalue weighted by atomic mass is 9.88. The molecule has 0 aromatic rings. The van der Waals surface area contributed by atoms with Crippen molar-refractivity contribution in [3.63, 3.8) is 0 Å². The van der Waals surface area contributed by atoms with Crippen molar-refractivity contribution in [2.24, 2.45) is 5.92 Å². The summed E-state index contributed by atoms with van der Waals surface area (Å²) in [6.45, 7) is 12.2. The number of methoxy groups -OCH3 is 1. The molecule has 8 N–H and O–H groups in total. The highest BCUT2D eigenvalue weighted by molar-refractivity contribution is 5.79. The van der Waals surface area contributed by atoms with Crippen LogP contribution >= 0.6 is 0 Å². The number of aliphatic hydroxyl groups is 8. The van der Waals surface area contributed by atoms with E-state index in [2.05, 4.69) is 27.0 Å². The molecule has 496 valence electrons. The zero-order valence-electron chi connectivity index (χ0n) is 53.8. The molecular weight excluding hydrogens is 1080 g/mol. The molecule has 5 saturated heterocycles. The number of hydrogen-bond acceptors (Lipinski definition) is 15. The highest BCUT2D eigenvalue weighted by Gasteiger charge is 2.53. The van der Waals surface area contributed by atoms with Crippen molar-refractivity contribution in [2.45, 2.75) is 399 Å². The summed E-state index contributed by atoms with van der Waals surface area (Å²) in [6, 6.07) is 0. The molecule has 18 atom stereocenters. The van der Waals surface area contributed by atoms with Gasteiger partial charge in [0.25, 0.3) is 0 Å². The molecule has 0 amide bonds. The quantitative estimate of drug-likeness (QED) is 0.0209. The van der Waals surface area contributed by atoms with E-state index in [4.69, 9.17) is 28.4 Å². The first-order valence-corrected chi connectivity index (χ1v) is 35.1. The van der Waals surface area contributed by atoms with Crippen LogP contribution in [0.3, 0.4) is 0 Å². The van der Waals surface area contributed by atoms with Gasteiger partial charge in [0.15, 0.2) is 11.6 Å². The lowest BCUT2D eigenvalue weighted by Gasteiger charge is -2.43. The van der Waals surface area contributed by atoms with Gasteiger partial charge in [-0.2, -0.15) is 0 Å². The number of hydrogen-bond donors (Lipinski definition) is 8. The fourth-order valence-corrected chi connectivity index (χ4v) is 14.7. The normalized spacial score (nSPS) is 31.3. The third kappa shape index (κ3) is 27.9. The smallest absolute Gasteiger partial charge is 0.171 e. The lowest BCUT2D eigenvalue weighted by molar-refractivity contribution is -0.241. The summed E-state index contributed by atoms with van der Waals surface area (Å²) >= 11 is 0. The number of ether oxygens (including phenoxy) is 6. The van der Waals surface area contributed by atoms with Crippen molar-refractivity contribution in [3.05, 3.63) is 24.8 Å². The van der Waals surface area contributed by atoms with Crippen LogP contribution in [-0.2, 0) is 33.2 Å². The molecule has 2 spiro atoms. The number of unbranched alkanes of at least 4 members (excludes halogenated alkanes) is 23. The first-order valence-electron chi connectivity index (χ1n) is 35.1. The van der Waals surface area contributed by atoms with Crippen molar-refractivity contribution in [2.75, 3.05) is 7.11 Å². The molecule has 0 aromatic carbocycles. The zero-order valence-corrected chi connectivity index (χ0v) is 53.8. The standard InChI is InChI=1S/C70H126O15/c1-6-8-10-12-13-14-15-16-17-18-19-20-21-22-23-24-25-26-27-29-31-35-58-37-39-69(82-58)49-60(76)62(84-69)45-54(72)42-52(4)34-32-36-59-38-40-70(83-59)50-61(77)63(85-70)46-57(75)48-65-67(79)68(80-5)66(78)64(81-65)47-56(74)44-55(73)43-53(71)41-51(3)33-30-28-11-9-7-2/h6,52-54,56-68,71-72,74-79H,1,3,7-50H2,2,4-5H3/t52?,53?,54?,56?,57?,58-,59-,60-,61-,62+,63+,64+,65-,66+,67-,68-,69+,70+/m1/s1. The Bertz CT molecular complexity index is 1790. The molecule has 0 aliphatic carbocycles. The van der Waals surface area contributed by atoms with Gasteiger partial charge in [-0.3, -0.25) is 4.79 Å². The summed E-state index contributed by atoms with van der Waals surface area (Å²) < 4.78 is 37.4. The summed E-state index contributed by atoms with van der Waals surface area (Å²) in [5.41, 5.74) is 0.902. The molecular formula is C70H126O15. The monoisotopic (exact) mass is 1210 g/mol. The molecule has 15 heteroatoms. The zero-order chi connectivity index (χ0) is 61.5. The van der Waals surface area contributed by atoms with Gasteiger partial charge in [-0.15, -0.1) is 6.58 Å². The van der Waals surface area contributed by atoms with Crippen LogP contribution in [0.2, 0.25) is 0 Å². The lowest BCUT2D eigenvalue weighted by Crippen LogP contribution is -2.59. The highest BCUT2D eigenvalue weighted by atomic mass is 16.7. The Kier molecular flexibility index (Phi) is 36.0. The van der Waals surface area contributed by atoms with E-state index in [1.165, 1.54) is 155 Å². The van der Waals surface area contributed by atoms with Gasteiger partial charge in [-0.1, -0.05) is 186 Å². The van der Waals surface area contributed by atoms with Gasteiger partial charge < -0.3 is 69.3 Å². The molecule has 5 heterocycles. The van der Waals surface area contributed by atoms with Crippen LogP contribution in [0.15, 0.2) is 24.8 Å². The van der Waals surface area contributed by atoms with E-state index >= 15 is 0 Å². The second kappa shape index (κ2) is 41.1. The molecule has 5 fully saturated rings. The number of ketones is 1. The topological polar surface area (TPSA) is 234 Å². The van der Waals surface area contributed by atoms with E-state index < -0.39 is 90.9 Å². The average Bonchev–Trinajstić information content (AvgIpc) is 3.20. The second-order valence-corrected chi connectivity index (χ2v) is 27.6. The van der Waals surface area contributed by atoms with Crippen molar-refractivity contribution < 1.29 is 74.1 Å². The first kappa shape index (κ1) is 74.3. The molecule has 5 unspecified atom stereocenters. The van der Waals surface area contributed by atoms with Crippen LogP contribution in [0.1, 0.15) is 296 Å². The van der Waals surface area contributed by atoms with E-state index in [0.717, 1.165) is 69.8 Å². The fourth-order valence-electron chi connectivity index (χ4n) is 14.7. The Morgan fingerprint density at radius 2 is 0.988 bits per heavy atom. The second-order valence-electron chi connectivity index (χ2n) is 27.6. The number of Topliss-reactive ketones (excluding diaryl/α,β-unsaturated/α-hetero) is 1. The number of allylic oxidation sites excluding steroid dienone is 1. The molecule has 5 aliphatic rings. The van der Waals surface area contributed by atoms with Crippen LogP contribution in [0.5, 0.6) is 0 Å². The van der Waals surface area contributed by atoms with Gasteiger partial charge in [-0.05, 0) is 70.1 Å². The fraction of sp³-hybridized carbons (Fsp3) is 0.929. The maximum absolute atomic E-state index is 12.8. The largest absolute Gasteiger partial charge is 0.393 e. The molecule has 5 rings (SSSR count). The average molecular weight is 1210 g/mol. The molecule has 0 aromatic heterocycles. The van der Waals surface area contributed by atoms with E-state index in [0.29, 0.717) is 32.1 Å². The van der Waals surface area contributed by atoms with Gasteiger partial charge >= 0.3 is 0 Å². The predicted octanol–water partition coefficient (Wildman–Crippen LogP) is 12.8. The number of aliphatic hydroxyl groups excluding tert-OH is 8. The minimum Gasteiger partial charge on any atom is -0.393 e.